The number of Topliss-reactive ketones (excluding diaryl/α,β-unsaturated/α-hetero) is 3. The minimum Gasteiger partial charge on any atom is -0.494 e. The number of ether oxygens (including phenoxy) is 2. The molecule has 6 atom stereocenters. The number of carbonyl (C=O) groups is 8. The van der Waals surface area contributed by atoms with Gasteiger partial charge < -0.3 is 25.2 Å². The highest BCUT2D eigenvalue weighted by atomic mass is 16.5. The fourth-order valence-electron chi connectivity index (χ4n) is 11.1. The molecule has 0 aliphatic rings. The van der Waals surface area contributed by atoms with E-state index in [1.807, 2.05) is 160 Å². The van der Waals surface area contributed by atoms with Gasteiger partial charge in [0.1, 0.15) is 23.1 Å². The maximum absolute atomic E-state index is 13.0. The highest BCUT2D eigenvalue weighted by Gasteiger charge is 2.32. The van der Waals surface area contributed by atoms with Crippen molar-refractivity contribution in [1.29, 1.82) is 0 Å². The molecule has 0 unspecified atom stereocenters. The topological polar surface area (TPSA) is 296 Å². The summed E-state index contributed by atoms with van der Waals surface area (Å²) in [5, 5.41) is 41.7. The van der Waals surface area contributed by atoms with Crippen LogP contribution in [0.4, 0.5) is 0 Å². The maximum Gasteiger partial charge on any atom is 0.244 e. The van der Waals surface area contributed by atoms with Gasteiger partial charge >= 0.3 is 0 Å². The van der Waals surface area contributed by atoms with Crippen LogP contribution in [0.5, 0.6) is 5.75 Å². The first kappa shape index (κ1) is 79.7. The molecule has 0 bridgehead atoms. The van der Waals surface area contributed by atoms with Gasteiger partial charge in [0, 0.05) is 95.4 Å². The van der Waals surface area contributed by atoms with Crippen LogP contribution in [0.15, 0.2) is 176 Å². The van der Waals surface area contributed by atoms with Gasteiger partial charge in [-0.25, -0.2) is 16.4 Å². The normalized spacial score (nSPS) is 12.8. The third kappa shape index (κ3) is 31.7. The van der Waals surface area contributed by atoms with Crippen LogP contribution < -0.4 is 31.8 Å². The summed E-state index contributed by atoms with van der Waals surface area (Å²) in [6.45, 7) is 7.51. The molecule has 9 N–H and O–H groups in total. The molecular weight excluding hydrogens is 1220 g/mol. The molecule has 0 aliphatic carbocycles. The summed E-state index contributed by atoms with van der Waals surface area (Å²) < 4.78 is 11.4. The summed E-state index contributed by atoms with van der Waals surface area (Å²) in [5.41, 5.74) is 11.2. The molecule has 5 amide bonds. The number of para-hydroxylation sites is 1. The minimum absolute atomic E-state index is 0.0306. The second-order valence-electron chi connectivity index (χ2n) is 25.2. The SMILES string of the molecule is CC(C)(C)[C@@H](CO)CC(=O)[C@H](CCCc1ccc(-c2ccccc2)cc1)CC(=O)NO.CNC(=O)[C@@H](CC(=O)[C@H](CCCCOCc1ccccc1)CC(=O)NO)Cc1ccccc1.CNC(=O)[C@@H](CC(=O)[C@H](CCCCOc1ccccc1)CC(=O)NO)Cc1ccccc1. The van der Waals surface area contributed by atoms with Gasteiger partial charge in [-0.15, -0.1) is 0 Å². The summed E-state index contributed by atoms with van der Waals surface area (Å²) in [4.78, 5) is 99.0. The lowest BCUT2D eigenvalue weighted by molar-refractivity contribution is -0.135. The zero-order valence-corrected chi connectivity index (χ0v) is 56.4. The molecule has 19 nitrogen and oxygen atoms in total. The predicted octanol–water partition coefficient (Wildman–Crippen LogP) is 11.6. The summed E-state index contributed by atoms with van der Waals surface area (Å²) in [5.74, 6) is -4.50. The number of hydroxylamine groups is 3. The molecule has 0 saturated heterocycles. The third-order valence-electron chi connectivity index (χ3n) is 16.9. The Balaban J connectivity index is 0.000000306. The lowest BCUT2D eigenvalue weighted by Gasteiger charge is -2.29. The average molecular weight is 1320 g/mol. The number of aliphatic hydroxyl groups excluding tert-OH is 1. The van der Waals surface area contributed by atoms with E-state index in [9.17, 15) is 43.5 Å². The number of benzene rings is 6. The van der Waals surface area contributed by atoms with Crippen molar-refractivity contribution in [3.8, 4) is 16.9 Å². The Morgan fingerprint density at radius 2 is 0.781 bits per heavy atom. The van der Waals surface area contributed by atoms with Gasteiger partial charge in [0.05, 0.1) is 13.2 Å². The standard InChI is InChI=1S/C26H34N2O5.C26H35NO4.C25H32N2O5/c1-27-26(31)23(16-20-10-4-2-5-11-20)17-24(29)22(18-25(30)28-32)14-8-9-15-33-19-21-12-6-3-7-13-21;1-26(2,3)23(18-28)17-24(29)22(16-25(30)27-31)11-7-8-19-12-14-21(15-13-19)20-9-5-4-6-10-20;1-26-25(30)21(16-19-10-4-2-5-11-19)17-23(28)20(18-24(29)27-31)12-8-9-15-32-22-13-6-3-7-14-22/h2-7,10-13,22-23,32H,8-9,14-19H2,1H3,(H,27,31)(H,28,30);4-6,9-10,12-15,22-23,28,31H,7-8,11,16-18H2,1-3H3,(H,27,30);2-7,10-11,13-14,20-21,31H,8-9,12,15-18H2,1H3,(H,26,30)(H,27,29)/t2*22-,23-;20-,21-/m111/s1. The molecular formula is C77H101N5O14. The van der Waals surface area contributed by atoms with Crippen LogP contribution in [-0.4, -0.2) is 102 Å². The number of ketones is 3. The second kappa shape index (κ2) is 45.6. The molecule has 6 aromatic carbocycles. The summed E-state index contributed by atoms with van der Waals surface area (Å²) in [6, 6.07) is 57.0. The van der Waals surface area contributed by atoms with Crippen molar-refractivity contribution >= 4 is 46.9 Å². The van der Waals surface area contributed by atoms with Crippen LogP contribution in [0.1, 0.15) is 133 Å². The average Bonchev–Trinajstić information content (AvgIpc) is 1.05. The third-order valence-corrected chi connectivity index (χ3v) is 16.9. The molecule has 96 heavy (non-hydrogen) atoms. The fourth-order valence-corrected chi connectivity index (χ4v) is 11.1. The monoisotopic (exact) mass is 1320 g/mol. The lowest BCUT2D eigenvalue weighted by atomic mass is 9.76. The van der Waals surface area contributed by atoms with Crippen LogP contribution in [0.2, 0.25) is 0 Å². The number of aliphatic hydroxyl groups is 1. The first-order valence-corrected chi connectivity index (χ1v) is 33.2. The highest BCUT2D eigenvalue weighted by molar-refractivity contribution is 5.92. The van der Waals surface area contributed by atoms with Gasteiger partial charge in [-0.05, 0) is 121 Å². The van der Waals surface area contributed by atoms with Crippen molar-refractivity contribution in [2.45, 2.75) is 137 Å². The van der Waals surface area contributed by atoms with E-state index in [1.54, 1.807) is 30.5 Å². The molecule has 6 rings (SSSR count). The van der Waals surface area contributed by atoms with Gasteiger partial charge in [-0.3, -0.25) is 54.0 Å². The molecule has 518 valence electrons. The molecule has 0 aliphatic heterocycles. The Kier molecular flexibility index (Phi) is 37.9. The summed E-state index contributed by atoms with van der Waals surface area (Å²) in [6.07, 6.45) is 6.92. The smallest absolute Gasteiger partial charge is 0.244 e. The van der Waals surface area contributed by atoms with Crippen LogP contribution in [0.3, 0.4) is 0 Å². The molecule has 0 radical (unpaired) electrons. The first-order valence-electron chi connectivity index (χ1n) is 33.2. The van der Waals surface area contributed by atoms with Gasteiger partial charge in [0.2, 0.25) is 29.5 Å². The van der Waals surface area contributed by atoms with Crippen LogP contribution in [-0.2, 0) is 69.0 Å². The lowest BCUT2D eigenvalue weighted by Crippen LogP contribution is -2.33. The number of hydrogen-bond donors (Lipinski definition) is 9. The molecule has 0 heterocycles. The zero-order chi connectivity index (χ0) is 69.9. The number of amides is 5. The molecule has 0 fully saturated rings. The number of carbonyl (C=O) groups excluding carboxylic acids is 8. The van der Waals surface area contributed by atoms with Crippen molar-refractivity contribution in [3.05, 3.63) is 198 Å². The fraction of sp³-hybridized carbons (Fsp3) is 0.429. The van der Waals surface area contributed by atoms with E-state index in [0.29, 0.717) is 64.8 Å². The van der Waals surface area contributed by atoms with Crippen molar-refractivity contribution < 1.29 is 68.6 Å². The predicted molar refractivity (Wildman–Crippen MR) is 369 cm³/mol. The van der Waals surface area contributed by atoms with E-state index >= 15 is 0 Å². The number of aryl methyl sites for hydroxylation is 1. The summed E-state index contributed by atoms with van der Waals surface area (Å²) in [7, 11) is 3.10. The van der Waals surface area contributed by atoms with Crippen LogP contribution >= 0.6 is 0 Å². The van der Waals surface area contributed by atoms with Crippen molar-refractivity contribution in [2.75, 3.05) is 33.9 Å². The van der Waals surface area contributed by atoms with Gasteiger partial charge in [-0.2, -0.15) is 0 Å². The van der Waals surface area contributed by atoms with E-state index in [-0.39, 0.29) is 85.6 Å². The Morgan fingerprint density at radius 3 is 1.19 bits per heavy atom. The van der Waals surface area contributed by atoms with Crippen molar-refractivity contribution in [1.82, 2.24) is 27.1 Å². The Hall–Kier alpha value is -8.72. The van der Waals surface area contributed by atoms with E-state index < -0.39 is 47.3 Å². The van der Waals surface area contributed by atoms with Crippen molar-refractivity contribution in [2.24, 2.45) is 40.9 Å². The number of rotatable bonds is 40. The van der Waals surface area contributed by atoms with Gasteiger partial charge in [0.15, 0.2) is 0 Å². The quantitative estimate of drug-likeness (QED) is 0.00982. The molecule has 6 aromatic rings. The molecule has 0 aromatic heterocycles. The first-order chi connectivity index (χ1) is 46.3. The number of unbranched alkanes of at least 4 members (excludes halogenated alkanes) is 2. The molecule has 0 saturated carbocycles. The Labute approximate surface area is 566 Å². The van der Waals surface area contributed by atoms with Crippen LogP contribution in [0.25, 0.3) is 11.1 Å². The number of hydrogen-bond acceptors (Lipinski definition) is 14. The van der Waals surface area contributed by atoms with E-state index in [0.717, 1.165) is 53.7 Å². The van der Waals surface area contributed by atoms with E-state index in [2.05, 4.69) is 47.0 Å². The minimum atomic E-state index is -0.608. The van der Waals surface area contributed by atoms with Crippen molar-refractivity contribution in [3.63, 3.8) is 0 Å². The van der Waals surface area contributed by atoms with E-state index in [4.69, 9.17) is 25.1 Å². The highest BCUT2D eigenvalue weighted by Crippen LogP contribution is 2.31. The van der Waals surface area contributed by atoms with Gasteiger partial charge in [0.25, 0.3) is 0 Å². The Morgan fingerprint density at radius 1 is 0.406 bits per heavy atom. The molecule has 19 heteroatoms. The zero-order valence-electron chi connectivity index (χ0n) is 56.4. The Bertz CT molecular complexity index is 3210. The van der Waals surface area contributed by atoms with Gasteiger partial charge in [-0.1, -0.05) is 191 Å². The number of nitrogens with one attached hydrogen (secondary N) is 5. The van der Waals surface area contributed by atoms with E-state index in [1.165, 1.54) is 11.1 Å². The molecule has 0 spiro atoms. The largest absolute Gasteiger partial charge is 0.494 e. The summed E-state index contributed by atoms with van der Waals surface area (Å²) >= 11 is 0. The maximum atomic E-state index is 13.0. The van der Waals surface area contributed by atoms with Crippen LogP contribution in [0, 0.1) is 40.9 Å². The second-order valence-corrected chi connectivity index (χ2v) is 25.2.